The van der Waals surface area contributed by atoms with Gasteiger partial charge in [-0.15, -0.1) is 0 Å². The molecule has 0 bridgehead atoms. The van der Waals surface area contributed by atoms with E-state index in [1.807, 2.05) is 14.0 Å². The van der Waals surface area contributed by atoms with Crippen LogP contribution in [0, 0.1) is 5.92 Å². The topological polar surface area (TPSA) is 32.3 Å². The fourth-order valence-corrected chi connectivity index (χ4v) is 1.63. The molecule has 1 amide bonds. The van der Waals surface area contributed by atoms with Gasteiger partial charge in [0.05, 0.1) is 6.04 Å². The average Bonchev–Trinajstić information content (AvgIpc) is 3.00. The molecule has 1 atom stereocenters. The molecule has 0 aromatic carbocycles. The van der Waals surface area contributed by atoms with Gasteiger partial charge in [0.15, 0.2) is 0 Å². The van der Waals surface area contributed by atoms with Crippen molar-refractivity contribution in [2.24, 2.45) is 5.92 Å². The van der Waals surface area contributed by atoms with E-state index in [4.69, 9.17) is 0 Å². The zero-order valence-corrected chi connectivity index (χ0v) is 10.4. The predicted molar refractivity (Wildman–Crippen MR) is 62.7 cm³/mol. The summed E-state index contributed by atoms with van der Waals surface area (Å²) in [6.07, 6.45) is 3.50. The van der Waals surface area contributed by atoms with Gasteiger partial charge in [-0.25, -0.2) is 0 Å². The fraction of sp³-hybridized carbons (Fsp3) is 0.917. The Bertz CT molecular complexity index is 212. The van der Waals surface area contributed by atoms with Gasteiger partial charge in [0.1, 0.15) is 0 Å². The van der Waals surface area contributed by atoms with Crippen LogP contribution in [0.5, 0.6) is 0 Å². The Kier molecular flexibility index (Phi) is 4.58. The van der Waals surface area contributed by atoms with E-state index in [0.717, 1.165) is 13.0 Å². The van der Waals surface area contributed by atoms with E-state index < -0.39 is 0 Å². The first-order chi connectivity index (χ1) is 7.06. The maximum absolute atomic E-state index is 12.0. The molecule has 0 aromatic heterocycles. The second-order valence-corrected chi connectivity index (χ2v) is 4.96. The van der Waals surface area contributed by atoms with Crippen LogP contribution in [-0.4, -0.2) is 36.5 Å². The van der Waals surface area contributed by atoms with Crippen LogP contribution in [0.25, 0.3) is 0 Å². The Morgan fingerprint density at radius 1 is 1.40 bits per heavy atom. The first kappa shape index (κ1) is 12.5. The first-order valence-corrected chi connectivity index (χ1v) is 6.04. The molecule has 0 radical (unpaired) electrons. The van der Waals surface area contributed by atoms with Crippen LogP contribution in [0.2, 0.25) is 0 Å². The second kappa shape index (κ2) is 5.50. The van der Waals surface area contributed by atoms with Crippen molar-refractivity contribution < 1.29 is 4.79 Å². The van der Waals surface area contributed by atoms with Crippen molar-refractivity contribution in [3.63, 3.8) is 0 Å². The minimum Gasteiger partial charge on any atom is -0.338 e. The third-order valence-electron chi connectivity index (χ3n) is 3.02. The molecular formula is C12H24N2O. The molecular weight excluding hydrogens is 188 g/mol. The maximum Gasteiger partial charge on any atom is 0.239 e. The third-order valence-corrected chi connectivity index (χ3v) is 3.02. The number of hydrogen-bond acceptors (Lipinski definition) is 2. The van der Waals surface area contributed by atoms with Crippen LogP contribution >= 0.6 is 0 Å². The number of nitrogens with one attached hydrogen (secondary N) is 1. The van der Waals surface area contributed by atoms with Crippen molar-refractivity contribution in [3.8, 4) is 0 Å². The summed E-state index contributed by atoms with van der Waals surface area (Å²) in [6.45, 7) is 7.27. The SMILES string of the molecule is CNC(C)C(=O)N(CCC(C)C)C1CC1. The highest BCUT2D eigenvalue weighted by Crippen LogP contribution is 2.27. The molecule has 0 heterocycles. The molecule has 1 rings (SSSR count). The van der Waals surface area contributed by atoms with Gasteiger partial charge in [-0.05, 0) is 39.2 Å². The number of carbonyl (C=O) groups is 1. The largest absolute Gasteiger partial charge is 0.338 e. The Hall–Kier alpha value is -0.570. The minimum absolute atomic E-state index is 0.0437. The number of amides is 1. The maximum atomic E-state index is 12.0. The van der Waals surface area contributed by atoms with Crippen LogP contribution in [0.4, 0.5) is 0 Å². The molecule has 0 aromatic rings. The lowest BCUT2D eigenvalue weighted by molar-refractivity contribution is -0.133. The van der Waals surface area contributed by atoms with Crippen LogP contribution in [-0.2, 0) is 4.79 Å². The molecule has 1 aliphatic rings. The number of carbonyl (C=O) groups excluding carboxylic acids is 1. The van der Waals surface area contributed by atoms with Gasteiger partial charge in [0, 0.05) is 12.6 Å². The molecule has 1 saturated carbocycles. The Labute approximate surface area is 93.2 Å². The molecule has 1 N–H and O–H groups in total. The zero-order chi connectivity index (χ0) is 11.4. The van der Waals surface area contributed by atoms with E-state index in [0.29, 0.717) is 12.0 Å². The Morgan fingerprint density at radius 2 is 2.00 bits per heavy atom. The molecule has 3 heteroatoms. The van der Waals surface area contributed by atoms with Gasteiger partial charge in [-0.1, -0.05) is 13.8 Å². The van der Waals surface area contributed by atoms with Crippen molar-refractivity contribution >= 4 is 5.91 Å². The predicted octanol–water partition coefficient (Wildman–Crippen LogP) is 1.63. The standard InChI is InChI=1S/C12H24N2O/c1-9(2)7-8-14(11-5-6-11)12(15)10(3)13-4/h9-11,13H,5-8H2,1-4H3. The van der Waals surface area contributed by atoms with Gasteiger partial charge in [-0.3, -0.25) is 4.79 Å². The summed E-state index contributed by atoms with van der Waals surface area (Å²) in [5.74, 6) is 0.935. The minimum atomic E-state index is -0.0437. The molecule has 0 spiro atoms. The van der Waals surface area contributed by atoms with Gasteiger partial charge >= 0.3 is 0 Å². The van der Waals surface area contributed by atoms with Gasteiger partial charge < -0.3 is 10.2 Å². The van der Waals surface area contributed by atoms with E-state index >= 15 is 0 Å². The summed E-state index contributed by atoms with van der Waals surface area (Å²) in [6, 6.07) is 0.491. The van der Waals surface area contributed by atoms with Crippen molar-refractivity contribution in [3.05, 3.63) is 0 Å². The van der Waals surface area contributed by atoms with E-state index in [1.165, 1.54) is 12.8 Å². The molecule has 1 aliphatic carbocycles. The molecule has 0 saturated heterocycles. The smallest absolute Gasteiger partial charge is 0.239 e. The van der Waals surface area contributed by atoms with Gasteiger partial charge in [-0.2, -0.15) is 0 Å². The second-order valence-electron chi connectivity index (χ2n) is 4.96. The number of hydrogen-bond donors (Lipinski definition) is 1. The summed E-state index contributed by atoms with van der Waals surface area (Å²) >= 11 is 0. The van der Waals surface area contributed by atoms with E-state index in [9.17, 15) is 4.79 Å². The molecule has 0 aliphatic heterocycles. The summed E-state index contributed by atoms with van der Waals surface area (Å²) in [5.41, 5.74) is 0. The lowest BCUT2D eigenvalue weighted by Gasteiger charge is -2.26. The molecule has 1 fully saturated rings. The van der Waals surface area contributed by atoms with E-state index in [1.54, 1.807) is 0 Å². The number of nitrogens with zero attached hydrogens (tertiary/aromatic N) is 1. The van der Waals surface area contributed by atoms with Gasteiger partial charge in [0.2, 0.25) is 5.91 Å². The molecule has 88 valence electrons. The van der Waals surface area contributed by atoms with Gasteiger partial charge in [0.25, 0.3) is 0 Å². The van der Waals surface area contributed by atoms with Crippen molar-refractivity contribution in [1.29, 1.82) is 0 Å². The summed E-state index contributed by atoms with van der Waals surface area (Å²) in [5, 5.41) is 3.02. The van der Waals surface area contributed by atoms with Crippen LogP contribution < -0.4 is 5.32 Å². The van der Waals surface area contributed by atoms with Crippen LogP contribution in [0.3, 0.4) is 0 Å². The summed E-state index contributed by atoms with van der Waals surface area (Å²) in [4.78, 5) is 14.1. The molecule has 3 nitrogen and oxygen atoms in total. The highest BCUT2D eigenvalue weighted by Gasteiger charge is 2.33. The average molecular weight is 212 g/mol. The Morgan fingerprint density at radius 3 is 2.40 bits per heavy atom. The number of rotatable bonds is 6. The number of likely N-dealkylation sites (N-methyl/N-ethyl adjacent to an activating group) is 1. The third kappa shape index (κ3) is 3.82. The monoisotopic (exact) mass is 212 g/mol. The van der Waals surface area contributed by atoms with Crippen molar-refractivity contribution in [2.45, 2.75) is 52.1 Å². The normalized spacial score (nSPS) is 17.9. The summed E-state index contributed by atoms with van der Waals surface area (Å²) in [7, 11) is 1.84. The van der Waals surface area contributed by atoms with Crippen molar-refractivity contribution in [2.75, 3.05) is 13.6 Å². The van der Waals surface area contributed by atoms with Crippen LogP contribution in [0.1, 0.15) is 40.0 Å². The van der Waals surface area contributed by atoms with E-state index in [-0.39, 0.29) is 11.9 Å². The lowest BCUT2D eigenvalue weighted by atomic mass is 10.1. The van der Waals surface area contributed by atoms with E-state index in [2.05, 4.69) is 24.1 Å². The quantitative estimate of drug-likeness (QED) is 0.726. The first-order valence-electron chi connectivity index (χ1n) is 6.04. The molecule has 1 unspecified atom stereocenters. The lowest BCUT2D eigenvalue weighted by Crippen LogP contribution is -2.45. The highest BCUT2D eigenvalue weighted by molar-refractivity contribution is 5.82. The van der Waals surface area contributed by atoms with Crippen molar-refractivity contribution in [1.82, 2.24) is 10.2 Å². The Balaban J connectivity index is 2.45. The van der Waals surface area contributed by atoms with Crippen LogP contribution in [0.15, 0.2) is 0 Å². The fourth-order valence-electron chi connectivity index (χ4n) is 1.63. The summed E-state index contributed by atoms with van der Waals surface area (Å²) < 4.78 is 0. The highest BCUT2D eigenvalue weighted by atomic mass is 16.2. The molecule has 15 heavy (non-hydrogen) atoms. The zero-order valence-electron chi connectivity index (χ0n) is 10.4.